The summed E-state index contributed by atoms with van der Waals surface area (Å²) >= 11 is 0. The van der Waals surface area contributed by atoms with E-state index in [4.69, 9.17) is 0 Å². The zero-order valence-corrected chi connectivity index (χ0v) is 17.4. The molecule has 2 aliphatic rings. The standard InChI is InChI=1S/C22H37N5/c1-19(17-27-14-12-26(3)13-15-27)16-24-21(23-2)25-18-22(10-7-11-22)20-8-5-4-6-9-20/h4-6,8-9,19H,7,10-18H2,1-3H3,(H2,23,24,25). The lowest BCUT2D eigenvalue weighted by atomic mass is 9.64. The van der Waals surface area contributed by atoms with Crippen LogP contribution in [-0.4, -0.2) is 75.7 Å². The largest absolute Gasteiger partial charge is 0.356 e. The van der Waals surface area contributed by atoms with Crippen molar-refractivity contribution in [2.24, 2.45) is 10.9 Å². The van der Waals surface area contributed by atoms with Gasteiger partial charge in [-0.1, -0.05) is 43.7 Å². The minimum Gasteiger partial charge on any atom is -0.356 e. The predicted molar refractivity (Wildman–Crippen MR) is 114 cm³/mol. The maximum absolute atomic E-state index is 4.45. The molecule has 0 aromatic heterocycles. The van der Waals surface area contributed by atoms with Crippen LogP contribution in [0.2, 0.25) is 0 Å². The molecule has 1 aliphatic heterocycles. The van der Waals surface area contributed by atoms with Crippen LogP contribution < -0.4 is 10.6 Å². The highest BCUT2D eigenvalue weighted by molar-refractivity contribution is 5.79. The summed E-state index contributed by atoms with van der Waals surface area (Å²) in [5.41, 5.74) is 1.74. The molecule has 1 heterocycles. The number of nitrogens with zero attached hydrogens (tertiary/aromatic N) is 3. The molecular formula is C22H37N5. The van der Waals surface area contributed by atoms with E-state index in [9.17, 15) is 0 Å². The number of rotatable bonds is 7. The molecule has 2 fully saturated rings. The Kier molecular flexibility index (Phi) is 7.13. The molecule has 1 saturated carbocycles. The van der Waals surface area contributed by atoms with Crippen LogP contribution in [0.1, 0.15) is 31.7 Å². The topological polar surface area (TPSA) is 42.9 Å². The van der Waals surface area contributed by atoms with E-state index in [1.54, 1.807) is 0 Å². The smallest absolute Gasteiger partial charge is 0.191 e. The molecule has 1 aromatic rings. The average molecular weight is 372 g/mol. The van der Waals surface area contributed by atoms with Gasteiger partial charge in [-0.05, 0) is 31.4 Å². The van der Waals surface area contributed by atoms with Gasteiger partial charge >= 0.3 is 0 Å². The van der Waals surface area contributed by atoms with Crippen molar-refractivity contribution in [1.82, 2.24) is 20.4 Å². The Balaban J connectivity index is 1.43. The number of likely N-dealkylation sites (N-methyl/N-ethyl adjacent to an activating group) is 1. The van der Waals surface area contributed by atoms with Crippen molar-refractivity contribution in [2.75, 3.05) is 59.9 Å². The molecule has 2 N–H and O–H groups in total. The number of benzene rings is 1. The first-order valence-corrected chi connectivity index (χ1v) is 10.5. The highest BCUT2D eigenvalue weighted by Crippen LogP contribution is 2.43. The van der Waals surface area contributed by atoms with Crippen molar-refractivity contribution in [3.8, 4) is 0 Å². The van der Waals surface area contributed by atoms with Gasteiger partial charge in [-0.25, -0.2) is 0 Å². The van der Waals surface area contributed by atoms with Crippen LogP contribution in [0.25, 0.3) is 0 Å². The van der Waals surface area contributed by atoms with Crippen molar-refractivity contribution >= 4 is 5.96 Å². The number of hydrogen-bond donors (Lipinski definition) is 2. The molecule has 1 unspecified atom stereocenters. The fourth-order valence-corrected chi connectivity index (χ4v) is 4.24. The summed E-state index contributed by atoms with van der Waals surface area (Å²) in [5, 5.41) is 7.14. The number of guanidine groups is 1. The lowest BCUT2D eigenvalue weighted by molar-refractivity contribution is 0.139. The molecule has 1 aromatic carbocycles. The third-order valence-corrected chi connectivity index (χ3v) is 6.30. The van der Waals surface area contributed by atoms with Gasteiger partial charge in [-0.15, -0.1) is 0 Å². The predicted octanol–water partition coefficient (Wildman–Crippen LogP) is 2.16. The molecule has 3 rings (SSSR count). The normalized spacial score (nSPS) is 22.1. The maximum Gasteiger partial charge on any atom is 0.191 e. The van der Waals surface area contributed by atoms with Gasteiger partial charge in [0.1, 0.15) is 0 Å². The molecule has 1 saturated heterocycles. The summed E-state index contributed by atoms with van der Waals surface area (Å²) in [6.45, 7) is 10.2. The third-order valence-electron chi connectivity index (χ3n) is 6.30. The summed E-state index contributed by atoms with van der Waals surface area (Å²) in [7, 11) is 4.08. The van der Waals surface area contributed by atoms with E-state index >= 15 is 0 Å². The van der Waals surface area contributed by atoms with Gasteiger partial charge in [0.05, 0.1) is 0 Å². The average Bonchev–Trinajstić information content (AvgIpc) is 2.66. The van der Waals surface area contributed by atoms with Crippen molar-refractivity contribution in [1.29, 1.82) is 0 Å². The first kappa shape index (κ1) is 20.2. The van der Waals surface area contributed by atoms with Gasteiger partial charge in [-0.3, -0.25) is 4.99 Å². The van der Waals surface area contributed by atoms with E-state index < -0.39 is 0 Å². The molecule has 0 radical (unpaired) electrons. The van der Waals surface area contributed by atoms with Gasteiger partial charge in [0.25, 0.3) is 0 Å². The molecule has 27 heavy (non-hydrogen) atoms. The van der Waals surface area contributed by atoms with Crippen molar-refractivity contribution in [3.63, 3.8) is 0 Å². The lowest BCUT2D eigenvalue weighted by Gasteiger charge is -2.43. The molecule has 1 aliphatic carbocycles. The summed E-state index contributed by atoms with van der Waals surface area (Å²) < 4.78 is 0. The molecule has 0 amide bonds. The fraction of sp³-hybridized carbons (Fsp3) is 0.682. The van der Waals surface area contributed by atoms with Crippen LogP contribution in [0.5, 0.6) is 0 Å². The van der Waals surface area contributed by atoms with Crippen LogP contribution in [0.3, 0.4) is 0 Å². The van der Waals surface area contributed by atoms with Crippen LogP contribution in [0.15, 0.2) is 35.3 Å². The zero-order chi connectivity index (χ0) is 19.1. The monoisotopic (exact) mass is 371 g/mol. The minimum atomic E-state index is 0.282. The van der Waals surface area contributed by atoms with Crippen molar-refractivity contribution < 1.29 is 0 Å². The number of aliphatic imine (C=N–C) groups is 1. The van der Waals surface area contributed by atoms with Crippen LogP contribution in [0.4, 0.5) is 0 Å². The Morgan fingerprint density at radius 1 is 1.11 bits per heavy atom. The number of piperazine rings is 1. The second-order valence-electron chi connectivity index (χ2n) is 8.52. The second-order valence-corrected chi connectivity index (χ2v) is 8.52. The van der Waals surface area contributed by atoms with Crippen molar-refractivity contribution in [2.45, 2.75) is 31.6 Å². The van der Waals surface area contributed by atoms with Crippen LogP contribution in [-0.2, 0) is 5.41 Å². The fourth-order valence-electron chi connectivity index (χ4n) is 4.24. The molecule has 1 atom stereocenters. The van der Waals surface area contributed by atoms with E-state index in [1.807, 2.05) is 7.05 Å². The van der Waals surface area contributed by atoms with Gasteiger partial charge in [0.15, 0.2) is 5.96 Å². The number of hydrogen-bond acceptors (Lipinski definition) is 3. The molecule has 0 bridgehead atoms. The van der Waals surface area contributed by atoms with E-state index in [2.05, 4.69) is 69.7 Å². The van der Waals surface area contributed by atoms with Crippen LogP contribution in [0, 0.1) is 5.92 Å². The lowest BCUT2D eigenvalue weighted by Crippen LogP contribution is -2.50. The Morgan fingerprint density at radius 2 is 1.81 bits per heavy atom. The first-order chi connectivity index (χ1) is 13.1. The Bertz CT molecular complexity index is 588. The van der Waals surface area contributed by atoms with E-state index in [0.717, 1.165) is 25.6 Å². The highest BCUT2D eigenvalue weighted by Gasteiger charge is 2.38. The summed E-state index contributed by atoms with van der Waals surface area (Å²) in [6.07, 6.45) is 3.85. The third kappa shape index (κ3) is 5.45. The second kappa shape index (κ2) is 9.56. The Morgan fingerprint density at radius 3 is 2.41 bits per heavy atom. The summed E-state index contributed by atoms with van der Waals surface area (Å²) in [5.74, 6) is 1.54. The molecule has 0 spiro atoms. The molecule has 5 heteroatoms. The summed E-state index contributed by atoms with van der Waals surface area (Å²) in [4.78, 5) is 9.44. The SMILES string of the molecule is CN=C(NCC(C)CN1CCN(C)CC1)NCC1(c2ccccc2)CCC1. The van der Waals surface area contributed by atoms with Gasteiger partial charge < -0.3 is 20.4 Å². The quantitative estimate of drug-likeness (QED) is 0.569. The Labute approximate surface area is 165 Å². The van der Waals surface area contributed by atoms with E-state index in [0.29, 0.717) is 5.92 Å². The van der Waals surface area contributed by atoms with Gasteiger partial charge in [0, 0.05) is 58.3 Å². The minimum absolute atomic E-state index is 0.282. The number of nitrogens with one attached hydrogen (secondary N) is 2. The van der Waals surface area contributed by atoms with Gasteiger partial charge in [0.2, 0.25) is 0 Å². The zero-order valence-electron chi connectivity index (χ0n) is 17.4. The maximum atomic E-state index is 4.45. The first-order valence-electron chi connectivity index (χ1n) is 10.5. The Hall–Kier alpha value is -1.59. The van der Waals surface area contributed by atoms with E-state index in [-0.39, 0.29) is 5.41 Å². The van der Waals surface area contributed by atoms with Gasteiger partial charge in [-0.2, -0.15) is 0 Å². The summed E-state index contributed by atoms with van der Waals surface area (Å²) in [6, 6.07) is 11.0. The molecule has 150 valence electrons. The highest BCUT2D eigenvalue weighted by atomic mass is 15.2. The van der Waals surface area contributed by atoms with E-state index in [1.165, 1.54) is 51.0 Å². The van der Waals surface area contributed by atoms with Crippen LogP contribution >= 0.6 is 0 Å². The van der Waals surface area contributed by atoms with Crippen molar-refractivity contribution in [3.05, 3.63) is 35.9 Å². The molecular weight excluding hydrogens is 334 g/mol. The molecule has 5 nitrogen and oxygen atoms in total.